The molecule has 2 heterocycles. The highest BCUT2D eigenvalue weighted by Crippen LogP contribution is 2.22. The molecule has 0 saturated carbocycles. The molecule has 1 aromatic rings. The average Bonchev–Trinajstić information content (AvgIpc) is 2.49. The molecule has 16 heavy (non-hydrogen) atoms. The van der Waals surface area contributed by atoms with E-state index in [9.17, 15) is 0 Å². The molecule has 2 nitrogen and oxygen atoms in total. The third-order valence-electron chi connectivity index (χ3n) is 3.16. The van der Waals surface area contributed by atoms with Crippen LogP contribution in [0.3, 0.4) is 0 Å². The Morgan fingerprint density at radius 1 is 1.50 bits per heavy atom. The molecule has 0 bridgehead atoms. The summed E-state index contributed by atoms with van der Waals surface area (Å²) in [5.41, 5.74) is 1.52. The second-order valence-corrected chi connectivity index (χ2v) is 5.92. The summed E-state index contributed by atoms with van der Waals surface area (Å²) in [5, 5.41) is 3.43. The van der Waals surface area contributed by atoms with Gasteiger partial charge < -0.3 is 5.32 Å². The van der Waals surface area contributed by atoms with E-state index in [1.54, 1.807) is 0 Å². The predicted molar refractivity (Wildman–Crippen MR) is 73.8 cm³/mol. The summed E-state index contributed by atoms with van der Waals surface area (Å²) in [6.45, 7) is 11.3. The third-order valence-corrected chi connectivity index (χ3v) is 4.16. The van der Waals surface area contributed by atoms with Crippen molar-refractivity contribution in [1.29, 1.82) is 0 Å². The lowest BCUT2D eigenvalue weighted by Gasteiger charge is -2.33. The molecule has 1 aromatic heterocycles. The Hall–Kier alpha value is -0.0900. The summed E-state index contributed by atoms with van der Waals surface area (Å²) in [7, 11) is 0. The molecule has 4 heteroatoms. The van der Waals surface area contributed by atoms with Crippen molar-refractivity contribution in [1.82, 2.24) is 10.2 Å². The number of thiophene rings is 1. The first-order valence-corrected chi connectivity index (χ1v) is 6.49. The first-order chi connectivity index (χ1) is 7.16. The van der Waals surface area contributed by atoms with E-state index in [-0.39, 0.29) is 12.4 Å². The van der Waals surface area contributed by atoms with Gasteiger partial charge in [-0.2, -0.15) is 0 Å². The number of hydrogen-bond donors (Lipinski definition) is 1. The van der Waals surface area contributed by atoms with Gasteiger partial charge in [0.15, 0.2) is 0 Å². The zero-order chi connectivity index (χ0) is 10.8. The minimum atomic E-state index is 0. The lowest BCUT2D eigenvalue weighted by Crippen LogP contribution is -2.49. The number of rotatable bonds is 2. The van der Waals surface area contributed by atoms with Crippen LogP contribution in [0, 0.1) is 13.8 Å². The molecule has 1 atom stereocenters. The average molecular weight is 261 g/mol. The molecule has 1 aliphatic rings. The van der Waals surface area contributed by atoms with Crippen molar-refractivity contribution in [3.05, 3.63) is 21.4 Å². The van der Waals surface area contributed by atoms with Crippen LogP contribution < -0.4 is 5.32 Å². The van der Waals surface area contributed by atoms with E-state index in [4.69, 9.17) is 0 Å². The number of nitrogens with zero attached hydrogens (tertiary/aromatic N) is 1. The summed E-state index contributed by atoms with van der Waals surface area (Å²) in [4.78, 5) is 5.49. The fraction of sp³-hybridized carbons (Fsp3) is 0.667. The Labute approximate surface area is 108 Å². The molecule has 1 aliphatic heterocycles. The summed E-state index contributed by atoms with van der Waals surface area (Å²) in [5.74, 6) is 0. The van der Waals surface area contributed by atoms with Crippen molar-refractivity contribution in [2.24, 2.45) is 0 Å². The van der Waals surface area contributed by atoms with E-state index in [0.717, 1.165) is 19.6 Å². The van der Waals surface area contributed by atoms with Crippen molar-refractivity contribution < 1.29 is 0 Å². The molecule has 1 N–H and O–H groups in total. The normalized spacial score (nSPS) is 21.8. The van der Waals surface area contributed by atoms with Crippen molar-refractivity contribution in [3.8, 4) is 0 Å². The summed E-state index contributed by atoms with van der Waals surface area (Å²) >= 11 is 1.92. The highest BCUT2D eigenvalue weighted by molar-refractivity contribution is 7.12. The van der Waals surface area contributed by atoms with Crippen LogP contribution >= 0.6 is 23.7 Å². The van der Waals surface area contributed by atoms with E-state index in [1.807, 2.05) is 11.3 Å². The van der Waals surface area contributed by atoms with Gasteiger partial charge in [0, 0.05) is 42.0 Å². The monoisotopic (exact) mass is 260 g/mol. The van der Waals surface area contributed by atoms with E-state index in [0.29, 0.717) is 6.04 Å². The van der Waals surface area contributed by atoms with Gasteiger partial charge in [0.1, 0.15) is 0 Å². The van der Waals surface area contributed by atoms with E-state index in [1.165, 1.54) is 21.9 Å². The van der Waals surface area contributed by atoms with Crippen LogP contribution in [0.25, 0.3) is 0 Å². The second-order valence-electron chi connectivity index (χ2n) is 4.46. The Balaban J connectivity index is 0.00000128. The first kappa shape index (κ1) is 14.0. The Morgan fingerprint density at radius 2 is 2.25 bits per heavy atom. The zero-order valence-corrected chi connectivity index (χ0v) is 11.9. The summed E-state index contributed by atoms with van der Waals surface area (Å²) in [6.07, 6.45) is 0. The Bertz CT molecular complexity index is 338. The minimum Gasteiger partial charge on any atom is -0.314 e. The second kappa shape index (κ2) is 6.01. The molecular formula is C12H21ClN2S. The lowest BCUT2D eigenvalue weighted by atomic mass is 10.1. The van der Waals surface area contributed by atoms with Crippen LogP contribution in [0.2, 0.25) is 0 Å². The van der Waals surface area contributed by atoms with Gasteiger partial charge in [0.25, 0.3) is 0 Å². The predicted octanol–water partition coefficient (Wildman–Crippen LogP) is 2.58. The topological polar surface area (TPSA) is 15.3 Å². The molecule has 0 radical (unpaired) electrons. The number of hydrogen-bond acceptors (Lipinski definition) is 3. The lowest BCUT2D eigenvalue weighted by molar-refractivity contribution is 0.165. The molecule has 0 aliphatic carbocycles. The van der Waals surface area contributed by atoms with Crippen LogP contribution in [0.5, 0.6) is 0 Å². The molecule has 0 amide bonds. The van der Waals surface area contributed by atoms with Crippen molar-refractivity contribution in [2.75, 3.05) is 19.6 Å². The van der Waals surface area contributed by atoms with Gasteiger partial charge in [-0.1, -0.05) is 0 Å². The number of halogens is 1. The van der Waals surface area contributed by atoms with Crippen LogP contribution in [0.15, 0.2) is 6.07 Å². The highest BCUT2D eigenvalue weighted by Gasteiger charge is 2.18. The Kier molecular flexibility index (Phi) is 5.25. The fourth-order valence-corrected chi connectivity index (χ4v) is 3.12. The number of piperazine rings is 1. The van der Waals surface area contributed by atoms with Gasteiger partial charge in [-0.25, -0.2) is 0 Å². The number of aryl methyl sites for hydroxylation is 2. The van der Waals surface area contributed by atoms with Crippen molar-refractivity contribution >= 4 is 23.7 Å². The number of nitrogens with one attached hydrogen (secondary N) is 1. The third kappa shape index (κ3) is 3.20. The van der Waals surface area contributed by atoms with Gasteiger partial charge in [-0.3, -0.25) is 4.90 Å². The molecule has 1 saturated heterocycles. The molecule has 1 unspecified atom stereocenters. The van der Waals surface area contributed by atoms with E-state index in [2.05, 4.69) is 37.1 Å². The molecule has 0 spiro atoms. The standard InChI is InChI=1S/C12H20N2S.ClH/c1-9-7-13-4-5-14(9)8-12-6-10(2)15-11(12)3;/h6,9,13H,4-5,7-8H2,1-3H3;1H. The highest BCUT2D eigenvalue weighted by atomic mass is 35.5. The zero-order valence-electron chi connectivity index (χ0n) is 10.2. The maximum absolute atomic E-state index is 3.43. The van der Waals surface area contributed by atoms with E-state index >= 15 is 0 Å². The first-order valence-electron chi connectivity index (χ1n) is 5.67. The van der Waals surface area contributed by atoms with Crippen LogP contribution in [-0.2, 0) is 6.54 Å². The van der Waals surface area contributed by atoms with Crippen LogP contribution in [-0.4, -0.2) is 30.6 Å². The maximum atomic E-state index is 3.43. The van der Waals surface area contributed by atoms with Crippen molar-refractivity contribution in [2.45, 2.75) is 33.4 Å². The van der Waals surface area contributed by atoms with Gasteiger partial charge in [-0.05, 0) is 32.4 Å². The SMILES string of the molecule is Cc1cc(CN2CCNCC2C)c(C)s1.Cl. The Morgan fingerprint density at radius 3 is 2.81 bits per heavy atom. The maximum Gasteiger partial charge on any atom is 0.0248 e. The molecular weight excluding hydrogens is 240 g/mol. The van der Waals surface area contributed by atoms with Gasteiger partial charge in [0.2, 0.25) is 0 Å². The van der Waals surface area contributed by atoms with Crippen molar-refractivity contribution in [3.63, 3.8) is 0 Å². The van der Waals surface area contributed by atoms with Crippen LogP contribution in [0.4, 0.5) is 0 Å². The quantitative estimate of drug-likeness (QED) is 0.879. The van der Waals surface area contributed by atoms with Crippen LogP contribution in [0.1, 0.15) is 22.2 Å². The molecule has 0 aromatic carbocycles. The van der Waals surface area contributed by atoms with Gasteiger partial charge >= 0.3 is 0 Å². The van der Waals surface area contributed by atoms with E-state index < -0.39 is 0 Å². The largest absolute Gasteiger partial charge is 0.314 e. The minimum absolute atomic E-state index is 0. The smallest absolute Gasteiger partial charge is 0.0248 e. The van der Waals surface area contributed by atoms with Gasteiger partial charge in [-0.15, -0.1) is 23.7 Å². The summed E-state index contributed by atoms with van der Waals surface area (Å²) in [6, 6.07) is 3.01. The summed E-state index contributed by atoms with van der Waals surface area (Å²) < 4.78 is 0. The fourth-order valence-electron chi connectivity index (χ4n) is 2.18. The van der Waals surface area contributed by atoms with Gasteiger partial charge in [0.05, 0.1) is 0 Å². The molecule has 92 valence electrons. The molecule has 2 rings (SSSR count). The molecule has 1 fully saturated rings.